The van der Waals surface area contributed by atoms with Gasteiger partial charge in [-0.25, -0.2) is 4.98 Å². The van der Waals surface area contributed by atoms with E-state index in [0.717, 1.165) is 47.4 Å². The molecule has 0 saturated carbocycles. The van der Waals surface area contributed by atoms with Crippen LogP contribution in [0.15, 0.2) is 58.8 Å². The number of rotatable bonds is 5. The van der Waals surface area contributed by atoms with Crippen LogP contribution in [0.25, 0.3) is 16.9 Å². The maximum atomic E-state index is 5.87. The van der Waals surface area contributed by atoms with Crippen LogP contribution in [0, 0.1) is 0 Å². The molecule has 0 aliphatic carbocycles. The van der Waals surface area contributed by atoms with Crippen molar-refractivity contribution in [2.24, 2.45) is 0 Å². The first-order valence-corrected chi connectivity index (χ1v) is 9.64. The van der Waals surface area contributed by atoms with Gasteiger partial charge in [0.2, 0.25) is 0 Å². The summed E-state index contributed by atoms with van der Waals surface area (Å²) in [5.41, 5.74) is 2.84. The summed E-state index contributed by atoms with van der Waals surface area (Å²) >= 11 is 1.50. The molecule has 0 amide bonds. The largest absolute Gasteiger partial charge is 0.376 e. The van der Waals surface area contributed by atoms with Crippen LogP contribution in [-0.2, 0) is 11.3 Å². The Kier molecular flexibility index (Phi) is 4.30. The normalized spacial score (nSPS) is 17.0. The van der Waals surface area contributed by atoms with Crippen LogP contribution in [0.2, 0.25) is 0 Å². The lowest BCUT2D eigenvalue weighted by atomic mass is 10.1. The fourth-order valence-electron chi connectivity index (χ4n) is 3.23. The van der Waals surface area contributed by atoms with Crippen LogP contribution in [0.3, 0.4) is 0 Å². The van der Waals surface area contributed by atoms with Crippen molar-refractivity contribution in [1.29, 1.82) is 0 Å². The monoisotopic (exact) mass is 379 g/mol. The third kappa shape index (κ3) is 3.31. The van der Waals surface area contributed by atoms with Gasteiger partial charge >= 0.3 is 0 Å². The predicted molar refractivity (Wildman–Crippen MR) is 99.3 cm³/mol. The highest BCUT2D eigenvalue weighted by Crippen LogP contribution is 2.31. The molecule has 136 valence electrons. The Morgan fingerprint density at radius 2 is 2.07 bits per heavy atom. The zero-order valence-electron chi connectivity index (χ0n) is 14.5. The number of benzene rings is 1. The standard InChI is InChI=1S/C18H17N7OS/c1-2-5-13(6-3-1)15-11-19-18(24(15)12-14-7-4-10-26-14)27-17-9-8-16-20-22-23-25(16)21-17/h1-3,5-6,8-9,11,14H,4,7,10,12H2. The second kappa shape index (κ2) is 7.09. The Bertz CT molecular complexity index is 1060. The molecule has 1 aliphatic rings. The summed E-state index contributed by atoms with van der Waals surface area (Å²) in [4.78, 5) is 4.67. The predicted octanol–water partition coefficient (Wildman–Crippen LogP) is 2.71. The van der Waals surface area contributed by atoms with Gasteiger partial charge in [-0.2, -0.15) is 0 Å². The lowest BCUT2D eigenvalue weighted by Crippen LogP contribution is -2.16. The van der Waals surface area contributed by atoms with Gasteiger partial charge in [0.05, 0.1) is 24.5 Å². The van der Waals surface area contributed by atoms with Crippen molar-refractivity contribution in [3.63, 3.8) is 0 Å². The van der Waals surface area contributed by atoms with Crippen LogP contribution in [0.5, 0.6) is 0 Å². The molecule has 0 bridgehead atoms. The molecule has 9 heteroatoms. The maximum absolute atomic E-state index is 5.87. The summed E-state index contributed by atoms with van der Waals surface area (Å²) in [7, 11) is 0. The fraction of sp³-hybridized carbons (Fsp3) is 0.278. The van der Waals surface area contributed by atoms with E-state index in [1.165, 1.54) is 16.4 Å². The summed E-state index contributed by atoms with van der Waals surface area (Å²) in [5, 5.41) is 17.5. The Hall–Kier alpha value is -2.78. The molecule has 0 N–H and O–H groups in total. The van der Waals surface area contributed by atoms with E-state index in [-0.39, 0.29) is 6.10 Å². The number of aromatic nitrogens is 7. The summed E-state index contributed by atoms with van der Waals surface area (Å²) in [6.07, 6.45) is 4.32. The Labute approximate surface area is 159 Å². The molecule has 1 aromatic carbocycles. The zero-order chi connectivity index (χ0) is 18.1. The molecule has 0 spiro atoms. The third-order valence-corrected chi connectivity index (χ3v) is 5.47. The molecule has 27 heavy (non-hydrogen) atoms. The second-order valence-electron chi connectivity index (χ2n) is 6.34. The molecule has 1 aliphatic heterocycles. The van der Waals surface area contributed by atoms with E-state index in [0.29, 0.717) is 5.65 Å². The Morgan fingerprint density at radius 1 is 1.15 bits per heavy atom. The summed E-state index contributed by atoms with van der Waals surface area (Å²) in [6.45, 7) is 1.61. The number of ether oxygens (including phenoxy) is 1. The van der Waals surface area contributed by atoms with Gasteiger partial charge in [0.1, 0.15) is 5.03 Å². The molecule has 1 atom stereocenters. The highest BCUT2D eigenvalue weighted by molar-refractivity contribution is 7.99. The Balaban J connectivity index is 1.51. The molecule has 1 unspecified atom stereocenters. The third-order valence-electron chi connectivity index (χ3n) is 4.54. The van der Waals surface area contributed by atoms with Crippen molar-refractivity contribution >= 4 is 17.4 Å². The van der Waals surface area contributed by atoms with Gasteiger partial charge < -0.3 is 9.30 Å². The minimum atomic E-state index is 0.218. The van der Waals surface area contributed by atoms with E-state index in [1.54, 1.807) is 0 Å². The van der Waals surface area contributed by atoms with Gasteiger partial charge in [0.25, 0.3) is 0 Å². The SMILES string of the molecule is c1ccc(-c2cnc(Sc3ccc4nnnn4n3)n2CC2CCCO2)cc1. The smallest absolute Gasteiger partial charge is 0.200 e. The summed E-state index contributed by atoms with van der Waals surface area (Å²) in [5.74, 6) is 0. The van der Waals surface area contributed by atoms with Crippen LogP contribution in [-0.4, -0.2) is 47.5 Å². The van der Waals surface area contributed by atoms with Crippen LogP contribution >= 0.6 is 11.8 Å². The lowest BCUT2D eigenvalue weighted by Gasteiger charge is -2.16. The molecule has 5 rings (SSSR count). The van der Waals surface area contributed by atoms with Crippen LogP contribution < -0.4 is 0 Å². The first kappa shape index (κ1) is 16.4. The van der Waals surface area contributed by atoms with E-state index in [1.807, 2.05) is 36.5 Å². The van der Waals surface area contributed by atoms with E-state index < -0.39 is 0 Å². The molecule has 1 fully saturated rings. The zero-order valence-corrected chi connectivity index (χ0v) is 15.3. The van der Waals surface area contributed by atoms with Gasteiger partial charge in [0.15, 0.2) is 10.8 Å². The van der Waals surface area contributed by atoms with Gasteiger partial charge in [-0.1, -0.05) is 30.3 Å². The molecule has 4 aromatic rings. The highest BCUT2D eigenvalue weighted by atomic mass is 32.2. The summed E-state index contributed by atoms with van der Waals surface area (Å²) < 4.78 is 9.51. The topological polar surface area (TPSA) is 83.0 Å². The van der Waals surface area contributed by atoms with Crippen molar-refractivity contribution in [2.75, 3.05) is 6.61 Å². The van der Waals surface area contributed by atoms with E-state index in [9.17, 15) is 0 Å². The first-order chi connectivity index (χ1) is 13.4. The van der Waals surface area contributed by atoms with Crippen molar-refractivity contribution in [2.45, 2.75) is 35.7 Å². The second-order valence-corrected chi connectivity index (χ2v) is 7.33. The molecule has 1 saturated heterocycles. The molecule has 4 heterocycles. The Morgan fingerprint density at radius 3 is 2.93 bits per heavy atom. The van der Waals surface area contributed by atoms with Crippen molar-refractivity contribution < 1.29 is 4.74 Å². The molecule has 0 radical (unpaired) electrons. The number of tetrazole rings is 1. The molecule has 3 aromatic heterocycles. The lowest BCUT2D eigenvalue weighted by molar-refractivity contribution is 0.0954. The van der Waals surface area contributed by atoms with Gasteiger partial charge in [-0.15, -0.1) is 14.8 Å². The minimum absolute atomic E-state index is 0.218. The average molecular weight is 379 g/mol. The number of hydrogen-bond acceptors (Lipinski definition) is 7. The first-order valence-electron chi connectivity index (χ1n) is 8.83. The minimum Gasteiger partial charge on any atom is -0.376 e. The van der Waals surface area contributed by atoms with E-state index in [2.05, 4.69) is 42.3 Å². The number of imidazole rings is 1. The van der Waals surface area contributed by atoms with Gasteiger partial charge in [0, 0.05) is 6.61 Å². The van der Waals surface area contributed by atoms with Crippen LogP contribution in [0.4, 0.5) is 0 Å². The van der Waals surface area contributed by atoms with Crippen molar-refractivity contribution in [3.8, 4) is 11.3 Å². The van der Waals surface area contributed by atoms with Crippen LogP contribution in [0.1, 0.15) is 12.8 Å². The van der Waals surface area contributed by atoms with Crippen molar-refractivity contribution in [1.82, 2.24) is 34.8 Å². The fourth-order valence-corrected chi connectivity index (χ4v) is 4.06. The number of nitrogens with zero attached hydrogens (tertiary/aromatic N) is 7. The molecular weight excluding hydrogens is 362 g/mol. The van der Waals surface area contributed by atoms with Gasteiger partial charge in [-0.3, -0.25) is 0 Å². The molecule has 8 nitrogen and oxygen atoms in total. The number of hydrogen-bond donors (Lipinski definition) is 0. The maximum Gasteiger partial charge on any atom is 0.200 e. The number of fused-ring (bicyclic) bond motifs is 1. The quantitative estimate of drug-likeness (QED) is 0.527. The van der Waals surface area contributed by atoms with E-state index in [4.69, 9.17) is 4.74 Å². The van der Waals surface area contributed by atoms with E-state index >= 15 is 0 Å². The van der Waals surface area contributed by atoms with Gasteiger partial charge in [-0.05, 0) is 52.7 Å². The molecular formula is C18H17N7OS. The van der Waals surface area contributed by atoms with Crippen molar-refractivity contribution in [3.05, 3.63) is 48.7 Å². The highest BCUT2D eigenvalue weighted by Gasteiger charge is 2.21. The average Bonchev–Trinajstić information content (AvgIpc) is 3.45. The summed E-state index contributed by atoms with van der Waals surface area (Å²) in [6, 6.07) is 14.1.